The molecule has 0 spiro atoms. The molecular formula is C25H29ClF6N6O5. The van der Waals surface area contributed by atoms with Crippen molar-refractivity contribution in [2.75, 3.05) is 18.9 Å². The maximum atomic E-state index is 10.6. The number of hydrogen-bond acceptors (Lipinski definition) is 8. The van der Waals surface area contributed by atoms with Crippen LogP contribution >= 0.6 is 11.6 Å². The Bertz CT molecular complexity index is 1450. The first-order valence-electron chi connectivity index (χ1n) is 12.4. The highest BCUT2D eigenvalue weighted by molar-refractivity contribution is 6.31. The van der Waals surface area contributed by atoms with Crippen molar-refractivity contribution in [3.8, 4) is 5.75 Å². The molecule has 0 radical (unpaired) electrons. The number of halogens is 7. The molecule has 0 amide bonds. The summed E-state index contributed by atoms with van der Waals surface area (Å²) in [7, 11) is 0. The number of carbonyl (C=O) groups is 2. The molecule has 3 heterocycles. The molecule has 1 unspecified atom stereocenters. The highest BCUT2D eigenvalue weighted by Gasteiger charge is 2.39. The number of aliphatic carboxylic acids is 2. The zero-order valence-corrected chi connectivity index (χ0v) is 24.3. The number of carboxylic acid groups (broad SMARTS) is 2. The van der Waals surface area contributed by atoms with Gasteiger partial charge >= 0.3 is 24.3 Å². The molecule has 0 saturated carbocycles. The van der Waals surface area contributed by atoms with E-state index in [2.05, 4.69) is 42.6 Å². The number of benzene rings is 1. The van der Waals surface area contributed by atoms with Crippen molar-refractivity contribution in [3.05, 3.63) is 39.8 Å². The molecule has 238 valence electrons. The number of nitrogens with two attached hydrogens (primary N) is 1. The molecule has 0 saturated heterocycles. The number of ether oxygens (including phenoxy) is 1. The van der Waals surface area contributed by atoms with E-state index in [1.165, 1.54) is 6.33 Å². The van der Waals surface area contributed by atoms with Crippen molar-refractivity contribution in [1.82, 2.24) is 24.6 Å². The van der Waals surface area contributed by atoms with Crippen LogP contribution in [0.4, 0.5) is 32.2 Å². The Morgan fingerprint density at radius 3 is 2.07 bits per heavy atom. The third kappa shape index (κ3) is 8.59. The lowest BCUT2D eigenvalue weighted by Crippen LogP contribution is -2.32. The lowest BCUT2D eigenvalue weighted by molar-refractivity contribution is -0.193. The fraction of sp³-hybridized carbons (Fsp3) is 0.480. The summed E-state index contributed by atoms with van der Waals surface area (Å²) >= 11 is 6.66. The molecule has 1 aliphatic rings. The van der Waals surface area contributed by atoms with Gasteiger partial charge in [-0.1, -0.05) is 11.6 Å². The molecule has 2 aromatic heterocycles. The van der Waals surface area contributed by atoms with E-state index in [1.807, 2.05) is 17.7 Å². The van der Waals surface area contributed by atoms with Crippen LogP contribution in [0, 0.1) is 13.8 Å². The first-order chi connectivity index (χ1) is 19.7. The van der Waals surface area contributed by atoms with E-state index < -0.39 is 24.3 Å². The van der Waals surface area contributed by atoms with Crippen LogP contribution < -0.4 is 10.5 Å². The molecule has 43 heavy (non-hydrogen) atoms. The molecule has 3 aromatic rings. The van der Waals surface area contributed by atoms with Gasteiger partial charge in [0, 0.05) is 35.3 Å². The lowest BCUT2D eigenvalue weighted by atomic mass is 9.98. The average Bonchev–Trinajstić information content (AvgIpc) is 3.07. The molecule has 0 bridgehead atoms. The molecule has 1 aromatic carbocycles. The minimum absolute atomic E-state index is 0.127. The highest BCUT2D eigenvalue weighted by Crippen LogP contribution is 2.40. The Balaban J connectivity index is 0.000000384. The highest BCUT2D eigenvalue weighted by atomic mass is 35.5. The number of anilines is 1. The van der Waals surface area contributed by atoms with Crippen molar-refractivity contribution >= 4 is 40.4 Å². The molecule has 0 aliphatic carbocycles. The minimum Gasteiger partial charge on any atom is -0.492 e. The predicted molar refractivity (Wildman–Crippen MR) is 143 cm³/mol. The Kier molecular flexibility index (Phi) is 11.2. The average molecular weight is 643 g/mol. The molecule has 1 atom stereocenters. The van der Waals surface area contributed by atoms with Gasteiger partial charge in [-0.15, -0.1) is 0 Å². The van der Waals surface area contributed by atoms with Crippen LogP contribution in [0.2, 0.25) is 5.02 Å². The number of aryl methyl sites for hydroxylation is 1. The number of nitrogens with zero attached hydrogens (tertiary/aromatic N) is 5. The van der Waals surface area contributed by atoms with E-state index in [0.717, 1.165) is 51.6 Å². The van der Waals surface area contributed by atoms with Crippen LogP contribution in [0.5, 0.6) is 5.75 Å². The normalized spacial score (nSPS) is 14.4. The van der Waals surface area contributed by atoms with Gasteiger partial charge in [-0.25, -0.2) is 24.2 Å². The van der Waals surface area contributed by atoms with Gasteiger partial charge in [-0.3, -0.25) is 4.90 Å². The topological polar surface area (TPSA) is 157 Å². The molecule has 4 rings (SSSR count). The number of nitrogen functional groups attached to an aromatic ring is 1. The molecule has 4 N–H and O–H groups in total. The number of hydrogen-bond donors (Lipinski definition) is 3. The van der Waals surface area contributed by atoms with Crippen molar-refractivity contribution in [2.24, 2.45) is 0 Å². The standard InChI is InChI=1S/C21H27ClN6O.2C2HF3O2/c1-11(2)27-6-7-29-19-15(8-17(22)12(3)16(19)9-27)14(5)28-21-18(13(4)26-28)20(23)24-10-25-21;2*3-2(4,5)1(6)7/h8,10-11,14H,6-7,9H2,1-5H3,(H2,23,24,25);2*(H,6,7). The SMILES string of the molecule is Cc1c(Cl)cc(C(C)n2nc(C)c3c(N)ncnc32)c2c1CN(C(C)C)CCO2.O=C(O)C(F)(F)F.O=C(O)C(F)(F)F. The predicted octanol–water partition coefficient (Wildman–Crippen LogP) is 5.16. The Labute approximate surface area is 246 Å². The molecule has 18 heteroatoms. The van der Waals surface area contributed by atoms with E-state index in [0.29, 0.717) is 24.1 Å². The van der Waals surface area contributed by atoms with Crippen LogP contribution in [-0.2, 0) is 16.1 Å². The van der Waals surface area contributed by atoms with Gasteiger partial charge in [0.2, 0.25) is 0 Å². The maximum Gasteiger partial charge on any atom is 0.490 e. The van der Waals surface area contributed by atoms with Crippen LogP contribution in [0.3, 0.4) is 0 Å². The number of fused-ring (bicyclic) bond motifs is 2. The van der Waals surface area contributed by atoms with Crippen LogP contribution in [0.1, 0.15) is 49.2 Å². The number of alkyl halides is 6. The van der Waals surface area contributed by atoms with E-state index in [9.17, 15) is 26.3 Å². The smallest absolute Gasteiger partial charge is 0.490 e. The first-order valence-corrected chi connectivity index (χ1v) is 12.8. The number of aromatic nitrogens is 4. The number of carboxylic acids is 2. The van der Waals surface area contributed by atoms with E-state index in [4.69, 9.17) is 47.0 Å². The van der Waals surface area contributed by atoms with Crippen molar-refractivity contribution < 1.29 is 50.9 Å². The van der Waals surface area contributed by atoms with Gasteiger partial charge in [0.1, 0.15) is 24.5 Å². The fourth-order valence-electron chi connectivity index (χ4n) is 4.03. The second-order valence-corrected chi connectivity index (χ2v) is 9.97. The van der Waals surface area contributed by atoms with Crippen molar-refractivity contribution in [1.29, 1.82) is 0 Å². The van der Waals surface area contributed by atoms with Gasteiger partial charge in [0.05, 0.1) is 17.1 Å². The molecule has 11 nitrogen and oxygen atoms in total. The van der Waals surface area contributed by atoms with Gasteiger partial charge in [0.25, 0.3) is 0 Å². The van der Waals surface area contributed by atoms with E-state index in [-0.39, 0.29) is 6.04 Å². The lowest BCUT2D eigenvalue weighted by Gasteiger charge is -2.25. The Morgan fingerprint density at radius 2 is 1.58 bits per heavy atom. The minimum atomic E-state index is -5.08. The third-order valence-corrected chi connectivity index (χ3v) is 6.73. The second-order valence-electron chi connectivity index (χ2n) is 9.56. The van der Waals surface area contributed by atoms with Gasteiger partial charge in [-0.2, -0.15) is 31.4 Å². The Hall–Kier alpha value is -3.86. The van der Waals surface area contributed by atoms with E-state index in [1.54, 1.807) is 0 Å². The summed E-state index contributed by atoms with van der Waals surface area (Å²) in [5, 5.41) is 20.5. The summed E-state index contributed by atoms with van der Waals surface area (Å²) in [6.45, 7) is 12.8. The number of rotatable bonds is 3. The second kappa shape index (κ2) is 13.6. The molecule has 1 aliphatic heterocycles. The third-order valence-electron chi connectivity index (χ3n) is 6.34. The summed E-state index contributed by atoms with van der Waals surface area (Å²) in [5.74, 6) is -4.17. The van der Waals surface area contributed by atoms with E-state index >= 15 is 0 Å². The van der Waals surface area contributed by atoms with Crippen molar-refractivity contribution in [2.45, 2.75) is 65.6 Å². The quantitative estimate of drug-likeness (QED) is 0.326. The van der Waals surface area contributed by atoms with Gasteiger partial charge in [0.15, 0.2) is 5.65 Å². The summed E-state index contributed by atoms with van der Waals surface area (Å²) < 4.78 is 71.6. The summed E-state index contributed by atoms with van der Waals surface area (Å²) in [5.41, 5.74) is 10.8. The molecular weight excluding hydrogens is 614 g/mol. The van der Waals surface area contributed by atoms with Crippen molar-refractivity contribution in [3.63, 3.8) is 0 Å². The monoisotopic (exact) mass is 642 g/mol. The molecule has 0 fully saturated rings. The van der Waals surface area contributed by atoms with Gasteiger partial charge < -0.3 is 20.7 Å². The van der Waals surface area contributed by atoms with Crippen LogP contribution in [0.25, 0.3) is 11.0 Å². The zero-order chi connectivity index (χ0) is 33.0. The largest absolute Gasteiger partial charge is 0.492 e. The summed E-state index contributed by atoms with van der Waals surface area (Å²) in [6, 6.07) is 2.30. The first kappa shape index (κ1) is 35.3. The Morgan fingerprint density at radius 1 is 1.05 bits per heavy atom. The van der Waals surface area contributed by atoms with Crippen LogP contribution in [-0.4, -0.2) is 78.3 Å². The maximum absolute atomic E-state index is 10.6. The summed E-state index contributed by atoms with van der Waals surface area (Å²) in [6.07, 6.45) is -8.69. The van der Waals surface area contributed by atoms with Gasteiger partial charge in [-0.05, 0) is 46.2 Å². The fourth-order valence-corrected chi connectivity index (χ4v) is 4.26. The zero-order valence-electron chi connectivity index (χ0n) is 23.5. The van der Waals surface area contributed by atoms with Crippen LogP contribution in [0.15, 0.2) is 12.4 Å². The summed E-state index contributed by atoms with van der Waals surface area (Å²) in [4.78, 5) is 28.8.